The van der Waals surface area contributed by atoms with E-state index in [-0.39, 0.29) is 0 Å². The molecule has 0 amide bonds. The van der Waals surface area contributed by atoms with Crippen LogP contribution < -0.4 is 0 Å². The molecule has 0 bridgehead atoms. The second-order valence-electron chi connectivity index (χ2n) is 14.1. The van der Waals surface area contributed by atoms with Crippen molar-refractivity contribution in [3.05, 3.63) is 216 Å². The van der Waals surface area contributed by atoms with Crippen LogP contribution in [0.25, 0.3) is 66.9 Å². The molecule has 9 aromatic rings. The van der Waals surface area contributed by atoms with Gasteiger partial charge >= 0.3 is 0 Å². The molecule has 0 saturated heterocycles. The number of hydrogen-bond donors (Lipinski definition) is 0. The summed E-state index contributed by atoms with van der Waals surface area (Å²) in [6, 6.07) is 70.3. The SMILES string of the molecule is c1ccc(-c2ccc(-c3cc(-c4ccc5c(c4)C4(c6cc7ccccc7cc6S5)c5ccccc5-c5ccccc54)nc(-c4ccccc4)n3)cc2)cc1. The van der Waals surface area contributed by atoms with Crippen LogP contribution in [-0.4, -0.2) is 9.97 Å². The molecule has 0 saturated carbocycles. The number of rotatable bonds is 4. The van der Waals surface area contributed by atoms with Crippen LogP contribution in [0.5, 0.6) is 0 Å². The number of nitrogens with zero attached hydrogens (tertiary/aromatic N) is 2. The number of benzene rings is 8. The molecule has 0 radical (unpaired) electrons. The van der Waals surface area contributed by atoms with E-state index >= 15 is 0 Å². The minimum atomic E-state index is -0.492. The van der Waals surface area contributed by atoms with E-state index in [1.165, 1.54) is 65.1 Å². The summed E-state index contributed by atoms with van der Waals surface area (Å²) in [7, 11) is 0. The highest BCUT2D eigenvalue weighted by atomic mass is 32.2. The lowest BCUT2D eigenvalue weighted by atomic mass is 9.66. The summed E-state index contributed by atoms with van der Waals surface area (Å²) in [6.07, 6.45) is 0. The molecule has 0 unspecified atom stereocenters. The largest absolute Gasteiger partial charge is 0.228 e. The number of aromatic nitrogens is 2. The highest BCUT2D eigenvalue weighted by Gasteiger charge is 2.50. The fourth-order valence-electron chi connectivity index (χ4n) is 8.67. The van der Waals surface area contributed by atoms with Gasteiger partial charge in [0.2, 0.25) is 0 Å². The lowest BCUT2D eigenvalue weighted by molar-refractivity contribution is 0.724. The summed E-state index contributed by atoms with van der Waals surface area (Å²) >= 11 is 1.88. The molecule has 1 aliphatic heterocycles. The summed E-state index contributed by atoms with van der Waals surface area (Å²) in [5.74, 6) is 0.713. The Morgan fingerprint density at radius 3 is 1.52 bits per heavy atom. The zero-order valence-electron chi connectivity index (χ0n) is 29.3. The van der Waals surface area contributed by atoms with E-state index in [9.17, 15) is 0 Å². The molecule has 1 aliphatic carbocycles. The first kappa shape index (κ1) is 31.0. The monoisotopic (exact) mass is 704 g/mol. The maximum atomic E-state index is 5.28. The van der Waals surface area contributed by atoms with Gasteiger partial charge in [0.05, 0.1) is 16.8 Å². The molecular formula is C51H32N2S. The Balaban J connectivity index is 1.14. The lowest BCUT2D eigenvalue weighted by Crippen LogP contribution is -2.32. The van der Waals surface area contributed by atoms with Crippen molar-refractivity contribution in [3.63, 3.8) is 0 Å². The minimum absolute atomic E-state index is 0.492. The fraction of sp³-hybridized carbons (Fsp3) is 0.0196. The van der Waals surface area contributed by atoms with Gasteiger partial charge in [0, 0.05) is 26.5 Å². The van der Waals surface area contributed by atoms with E-state index in [2.05, 4.69) is 188 Å². The van der Waals surface area contributed by atoms with E-state index in [1.54, 1.807) is 0 Å². The maximum absolute atomic E-state index is 5.28. The van der Waals surface area contributed by atoms with Crippen molar-refractivity contribution in [2.24, 2.45) is 0 Å². The third kappa shape index (κ3) is 4.75. The van der Waals surface area contributed by atoms with E-state index < -0.39 is 5.41 Å². The summed E-state index contributed by atoms with van der Waals surface area (Å²) in [6.45, 7) is 0. The second-order valence-corrected chi connectivity index (χ2v) is 15.2. The molecule has 1 spiro atoms. The molecule has 2 nitrogen and oxygen atoms in total. The molecule has 0 atom stereocenters. The molecule has 11 rings (SSSR count). The Bertz CT molecular complexity index is 2850. The van der Waals surface area contributed by atoms with Gasteiger partial charge in [0.25, 0.3) is 0 Å². The molecule has 2 heterocycles. The smallest absolute Gasteiger partial charge is 0.160 e. The van der Waals surface area contributed by atoms with Crippen molar-refractivity contribution in [2.45, 2.75) is 15.2 Å². The molecule has 3 heteroatoms. The Hall–Kier alpha value is -6.55. The molecule has 252 valence electrons. The van der Waals surface area contributed by atoms with Crippen molar-refractivity contribution in [1.82, 2.24) is 9.97 Å². The van der Waals surface area contributed by atoms with Crippen LogP contribution in [0.4, 0.5) is 0 Å². The van der Waals surface area contributed by atoms with Gasteiger partial charge in [-0.2, -0.15) is 0 Å². The average molecular weight is 705 g/mol. The first-order chi connectivity index (χ1) is 26.7. The fourth-order valence-corrected chi connectivity index (χ4v) is 9.87. The highest BCUT2D eigenvalue weighted by molar-refractivity contribution is 7.99. The minimum Gasteiger partial charge on any atom is -0.228 e. The van der Waals surface area contributed by atoms with Crippen LogP contribution >= 0.6 is 11.8 Å². The second kappa shape index (κ2) is 12.3. The molecule has 0 N–H and O–H groups in total. The van der Waals surface area contributed by atoms with Gasteiger partial charge in [-0.3, -0.25) is 0 Å². The zero-order valence-corrected chi connectivity index (χ0v) is 30.1. The van der Waals surface area contributed by atoms with Gasteiger partial charge < -0.3 is 0 Å². The Kier molecular flexibility index (Phi) is 7.05. The summed E-state index contributed by atoms with van der Waals surface area (Å²) in [5.41, 5.74) is 14.7. The van der Waals surface area contributed by atoms with Crippen molar-refractivity contribution >= 4 is 22.5 Å². The van der Waals surface area contributed by atoms with Crippen LogP contribution in [0.2, 0.25) is 0 Å². The van der Waals surface area contributed by atoms with Crippen LogP contribution in [0.1, 0.15) is 22.3 Å². The Morgan fingerprint density at radius 1 is 0.333 bits per heavy atom. The first-order valence-corrected chi connectivity index (χ1v) is 19.2. The lowest BCUT2D eigenvalue weighted by Gasteiger charge is -2.40. The van der Waals surface area contributed by atoms with Crippen molar-refractivity contribution in [2.75, 3.05) is 0 Å². The van der Waals surface area contributed by atoms with E-state index in [0.29, 0.717) is 5.82 Å². The predicted octanol–water partition coefficient (Wildman–Crippen LogP) is 13.1. The third-order valence-electron chi connectivity index (χ3n) is 11.1. The topological polar surface area (TPSA) is 25.8 Å². The van der Waals surface area contributed by atoms with Crippen LogP contribution in [0.15, 0.2) is 204 Å². The zero-order chi connectivity index (χ0) is 35.6. The van der Waals surface area contributed by atoms with Gasteiger partial charge in [-0.1, -0.05) is 176 Å². The van der Waals surface area contributed by atoms with Gasteiger partial charge in [-0.05, 0) is 85.6 Å². The van der Waals surface area contributed by atoms with Crippen LogP contribution in [0.3, 0.4) is 0 Å². The Labute approximate surface area is 318 Å². The number of hydrogen-bond acceptors (Lipinski definition) is 3. The summed E-state index contributed by atoms with van der Waals surface area (Å²) in [5, 5.41) is 2.52. The van der Waals surface area contributed by atoms with Crippen molar-refractivity contribution in [1.29, 1.82) is 0 Å². The normalized spacial score (nSPS) is 13.3. The maximum Gasteiger partial charge on any atom is 0.160 e. The standard InChI is InChI=1S/C51H32N2S/c1-3-13-33(14-4-1)34-23-25-35(26-24-34)46-32-47(53-50(52-46)36-15-5-2-6-16-36)39-27-28-48-44(30-39)51(45-29-37-17-7-8-18-38(37)31-49(45)54-48)42-21-11-9-19-40(42)41-20-10-12-22-43(41)51/h1-32H. The summed E-state index contributed by atoms with van der Waals surface area (Å²) in [4.78, 5) is 13.0. The van der Waals surface area contributed by atoms with E-state index in [1.807, 2.05) is 17.8 Å². The molecule has 0 fully saturated rings. The van der Waals surface area contributed by atoms with Gasteiger partial charge in [-0.15, -0.1) is 0 Å². The van der Waals surface area contributed by atoms with Crippen molar-refractivity contribution in [3.8, 4) is 56.2 Å². The quantitative estimate of drug-likeness (QED) is 0.182. The molecule has 2 aliphatic rings. The van der Waals surface area contributed by atoms with Crippen LogP contribution in [0, 0.1) is 0 Å². The third-order valence-corrected chi connectivity index (χ3v) is 12.3. The number of fused-ring (bicyclic) bond motifs is 10. The van der Waals surface area contributed by atoms with E-state index in [4.69, 9.17) is 9.97 Å². The van der Waals surface area contributed by atoms with Gasteiger partial charge in [0.15, 0.2) is 5.82 Å². The highest BCUT2D eigenvalue weighted by Crippen LogP contribution is 2.62. The summed E-state index contributed by atoms with van der Waals surface area (Å²) < 4.78 is 0. The predicted molar refractivity (Wildman–Crippen MR) is 223 cm³/mol. The molecule has 8 aromatic carbocycles. The first-order valence-electron chi connectivity index (χ1n) is 18.4. The van der Waals surface area contributed by atoms with E-state index in [0.717, 1.165) is 28.1 Å². The van der Waals surface area contributed by atoms with Crippen LogP contribution in [-0.2, 0) is 5.41 Å². The van der Waals surface area contributed by atoms with Gasteiger partial charge in [0.1, 0.15) is 0 Å². The molecule has 54 heavy (non-hydrogen) atoms. The Morgan fingerprint density at radius 2 is 0.833 bits per heavy atom. The molecule has 1 aromatic heterocycles. The van der Waals surface area contributed by atoms with Crippen molar-refractivity contribution < 1.29 is 0 Å². The van der Waals surface area contributed by atoms with Gasteiger partial charge in [-0.25, -0.2) is 9.97 Å². The average Bonchev–Trinajstić information content (AvgIpc) is 3.54. The molecular weight excluding hydrogens is 673 g/mol.